The molecule has 0 unspecified atom stereocenters. The summed E-state index contributed by atoms with van der Waals surface area (Å²) in [5, 5.41) is 4.67. The molecule has 2 rings (SSSR count). The maximum Gasteiger partial charge on any atom is 0.407 e. The van der Waals surface area contributed by atoms with Crippen molar-refractivity contribution in [3.05, 3.63) is 40.1 Å². The molecule has 0 spiro atoms. The van der Waals surface area contributed by atoms with Gasteiger partial charge in [-0.1, -0.05) is 13.0 Å². The second kappa shape index (κ2) is 9.59. The van der Waals surface area contributed by atoms with E-state index in [-0.39, 0.29) is 12.5 Å². The number of alkyl carbamates (subject to hydrolysis) is 1. The van der Waals surface area contributed by atoms with Gasteiger partial charge in [0.2, 0.25) is 0 Å². The smallest absolute Gasteiger partial charge is 0.407 e. The number of thiophene rings is 1. The Hall–Kier alpha value is -2.54. The molecule has 1 heterocycles. The van der Waals surface area contributed by atoms with E-state index in [1.54, 1.807) is 6.07 Å². The van der Waals surface area contributed by atoms with Crippen LogP contribution in [0, 0.1) is 0 Å². The Morgan fingerprint density at radius 2 is 1.89 bits per heavy atom. The number of hydrogen-bond acceptors (Lipinski definition) is 6. The van der Waals surface area contributed by atoms with Crippen molar-refractivity contribution in [2.45, 2.75) is 46.3 Å². The molecule has 0 saturated heterocycles. The van der Waals surface area contributed by atoms with Crippen molar-refractivity contribution in [3.63, 3.8) is 0 Å². The number of nitrogens with one attached hydrogen (secondary N) is 1. The molecule has 28 heavy (non-hydrogen) atoms. The Bertz CT molecular complexity index is 822. The van der Waals surface area contributed by atoms with Crippen molar-refractivity contribution < 1.29 is 23.8 Å². The lowest BCUT2D eigenvalue weighted by Crippen LogP contribution is -2.32. The summed E-state index contributed by atoms with van der Waals surface area (Å²) in [6, 6.07) is 7.56. The molecular weight excluding hydrogens is 378 g/mol. The average Bonchev–Trinajstić information content (AvgIpc) is 3.13. The van der Waals surface area contributed by atoms with Crippen LogP contribution in [0.3, 0.4) is 0 Å². The highest BCUT2D eigenvalue weighted by molar-refractivity contribution is 7.12. The number of hydrogen-bond donors (Lipinski definition) is 1. The molecular formula is C21H27NO5S. The number of carbonyl (C=O) groups excluding carboxylic acids is 2. The fourth-order valence-corrected chi connectivity index (χ4v) is 3.26. The van der Waals surface area contributed by atoms with Crippen LogP contribution in [0.2, 0.25) is 0 Å². The normalized spacial score (nSPS) is 11.0. The van der Waals surface area contributed by atoms with Gasteiger partial charge in [0, 0.05) is 12.1 Å². The molecule has 1 aromatic heterocycles. The molecule has 0 aliphatic rings. The monoisotopic (exact) mass is 405 g/mol. The Morgan fingerprint density at radius 1 is 1.14 bits per heavy atom. The summed E-state index contributed by atoms with van der Waals surface area (Å²) < 4.78 is 15.9. The Balaban J connectivity index is 2.22. The molecule has 6 nitrogen and oxygen atoms in total. The highest BCUT2D eigenvalue weighted by Gasteiger charge is 2.17. The summed E-state index contributed by atoms with van der Waals surface area (Å²) in [4.78, 5) is 24.2. The molecule has 7 heteroatoms. The van der Waals surface area contributed by atoms with E-state index in [9.17, 15) is 9.59 Å². The van der Waals surface area contributed by atoms with Gasteiger partial charge in [-0.2, -0.15) is 0 Å². The number of methoxy groups -OCH3 is 1. The van der Waals surface area contributed by atoms with Crippen LogP contribution in [-0.2, 0) is 16.0 Å². The maximum absolute atomic E-state index is 12.0. The third-order valence-electron chi connectivity index (χ3n) is 3.66. The minimum Gasteiger partial charge on any atom is -0.493 e. The molecule has 1 amide bonds. The summed E-state index contributed by atoms with van der Waals surface area (Å²) >= 11 is 1.33. The molecule has 0 atom stereocenters. The molecule has 0 saturated carbocycles. The summed E-state index contributed by atoms with van der Waals surface area (Å²) in [6.45, 7) is 8.35. The van der Waals surface area contributed by atoms with Crippen LogP contribution in [0.25, 0.3) is 11.1 Å². The molecule has 0 aliphatic carbocycles. The number of benzene rings is 1. The zero-order chi connectivity index (χ0) is 20.7. The van der Waals surface area contributed by atoms with Gasteiger partial charge in [-0.25, -0.2) is 9.59 Å². The number of amides is 1. The van der Waals surface area contributed by atoms with E-state index in [1.165, 1.54) is 18.4 Å². The highest BCUT2D eigenvalue weighted by atomic mass is 32.1. The maximum atomic E-state index is 12.0. The fourth-order valence-electron chi connectivity index (χ4n) is 2.43. The van der Waals surface area contributed by atoms with Crippen LogP contribution in [0.1, 0.15) is 49.4 Å². The van der Waals surface area contributed by atoms with Gasteiger partial charge in [0.15, 0.2) is 0 Å². The lowest BCUT2D eigenvalue weighted by Gasteiger charge is -2.20. The largest absolute Gasteiger partial charge is 0.493 e. The summed E-state index contributed by atoms with van der Waals surface area (Å²) in [5.74, 6) is 0.357. The molecule has 0 fully saturated rings. The van der Waals surface area contributed by atoms with Gasteiger partial charge in [0.25, 0.3) is 0 Å². The molecule has 0 radical (unpaired) electrons. The van der Waals surface area contributed by atoms with Crippen LogP contribution in [0.5, 0.6) is 5.75 Å². The van der Waals surface area contributed by atoms with Crippen LogP contribution in [-0.4, -0.2) is 31.4 Å². The summed E-state index contributed by atoms with van der Waals surface area (Å²) in [5.41, 5.74) is 2.11. The van der Waals surface area contributed by atoms with E-state index in [4.69, 9.17) is 14.2 Å². The van der Waals surface area contributed by atoms with Gasteiger partial charge in [-0.15, -0.1) is 11.3 Å². The van der Waals surface area contributed by atoms with Crippen molar-refractivity contribution >= 4 is 23.4 Å². The Labute approximate surface area is 169 Å². The molecule has 1 N–H and O–H groups in total. The van der Waals surface area contributed by atoms with E-state index in [0.29, 0.717) is 17.2 Å². The van der Waals surface area contributed by atoms with E-state index >= 15 is 0 Å². The van der Waals surface area contributed by atoms with Gasteiger partial charge in [0.05, 0.1) is 13.7 Å². The van der Waals surface area contributed by atoms with Gasteiger partial charge in [-0.3, -0.25) is 0 Å². The fraction of sp³-hybridized carbons (Fsp3) is 0.429. The van der Waals surface area contributed by atoms with Crippen molar-refractivity contribution in [1.82, 2.24) is 5.32 Å². The third-order valence-corrected chi connectivity index (χ3v) is 4.57. The number of ether oxygens (including phenoxy) is 3. The number of carbonyl (C=O) groups is 2. The summed E-state index contributed by atoms with van der Waals surface area (Å²) in [6.07, 6.45) is 0.399. The first-order chi connectivity index (χ1) is 13.2. The topological polar surface area (TPSA) is 73.9 Å². The predicted molar refractivity (Wildman–Crippen MR) is 110 cm³/mol. The summed E-state index contributed by atoms with van der Waals surface area (Å²) in [7, 11) is 1.36. The van der Waals surface area contributed by atoms with E-state index in [0.717, 1.165) is 23.1 Å². The predicted octanol–water partition coefficient (Wildman–Crippen LogP) is 5.02. The van der Waals surface area contributed by atoms with E-state index in [2.05, 4.69) is 5.32 Å². The van der Waals surface area contributed by atoms with E-state index in [1.807, 2.05) is 51.3 Å². The van der Waals surface area contributed by atoms with Crippen LogP contribution in [0.4, 0.5) is 4.79 Å². The van der Waals surface area contributed by atoms with Gasteiger partial charge < -0.3 is 19.5 Å². The first kappa shape index (κ1) is 21.8. The molecule has 0 aliphatic heterocycles. The van der Waals surface area contributed by atoms with Crippen molar-refractivity contribution in [3.8, 4) is 16.9 Å². The SMILES string of the molecule is CCCOc1ccc(-c2csc(C(=O)OC)c2)cc1CNC(=O)OC(C)(C)C. The first-order valence-electron chi connectivity index (χ1n) is 9.13. The van der Waals surface area contributed by atoms with Crippen molar-refractivity contribution in [1.29, 1.82) is 0 Å². The van der Waals surface area contributed by atoms with Crippen molar-refractivity contribution in [2.24, 2.45) is 0 Å². The average molecular weight is 406 g/mol. The third kappa shape index (κ3) is 6.27. The first-order valence-corrected chi connectivity index (χ1v) is 10.0. The number of rotatable bonds is 7. The van der Waals surface area contributed by atoms with Crippen LogP contribution < -0.4 is 10.1 Å². The van der Waals surface area contributed by atoms with Crippen LogP contribution >= 0.6 is 11.3 Å². The lowest BCUT2D eigenvalue weighted by molar-refractivity contribution is 0.0522. The van der Waals surface area contributed by atoms with Crippen LogP contribution in [0.15, 0.2) is 29.6 Å². The van der Waals surface area contributed by atoms with Gasteiger partial charge in [-0.05, 0) is 61.9 Å². The van der Waals surface area contributed by atoms with Crippen molar-refractivity contribution in [2.75, 3.05) is 13.7 Å². The molecule has 1 aromatic carbocycles. The molecule has 152 valence electrons. The number of esters is 1. The minimum atomic E-state index is -0.561. The Kier molecular flexibility index (Phi) is 7.45. The highest BCUT2D eigenvalue weighted by Crippen LogP contribution is 2.30. The van der Waals surface area contributed by atoms with Gasteiger partial charge in [0.1, 0.15) is 16.2 Å². The standard InChI is InChI=1S/C21H27NO5S/c1-6-9-26-17-8-7-14(16-11-18(28-13-16)19(23)25-5)10-15(17)12-22-20(24)27-21(2,3)4/h7-8,10-11,13H,6,9,12H2,1-5H3,(H,22,24). The second-order valence-electron chi connectivity index (χ2n) is 7.22. The zero-order valence-corrected chi connectivity index (χ0v) is 17.8. The van der Waals surface area contributed by atoms with E-state index < -0.39 is 11.7 Å². The molecule has 0 bridgehead atoms. The zero-order valence-electron chi connectivity index (χ0n) is 17.0. The Morgan fingerprint density at radius 3 is 2.54 bits per heavy atom. The second-order valence-corrected chi connectivity index (χ2v) is 8.13. The minimum absolute atomic E-state index is 0.274. The molecule has 2 aromatic rings. The van der Waals surface area contributed by atoms with Gasteiger partial charge >= 0.3 is 12.1 Å². The quantitative estimate of drug-likeness (QED) is 0.655. The lowest BCUT2D eigenvalue weighted by atomic mass is 10.0.